The maximum atomic E-state index is 11.5. The molecule has 1 aliphatic rings. The number of hydrogen-bond donors (Lipinski definition) is 3. The summed E-state index contributed by atoms with van der Waals surface area (Å²) in [5.74, 6) is 0.597. The number of nitrogens with zero attached hydrogens (tertiary/aromatic N) is 2. The molecule has 158 valence electrons. The summed E-state index contributed by atoms with van der Waals surface area (Å²) in [6.45, 7) is 4.11. The lowest BCUT2D eigenvalue weighted by molar-refractivity contribution is -0.123. The molecule has 2 heterocycles. The highest BCUT2D eigenvalue weighted by Gasteiger charge is 2.23. The van der Waals surface area contributed by atoms with E-state index in [2.05, 4.69) is 62.3 Å². The first-order valence-corrected chi connectivity index (χ1v) is 10.6. The molecule has 1 atom stereocenters. The molecule has 1 amide bonds. The van der Waals surface area contributed by atoms with Crippen molar-refractivity contribution in [2.75, 3.05) is 20.1 Å². The molecule has 29 heavy (non-hydrogen) atoms. The van der Waals surface area contributed by atoms with Gasteiger partial charge in [-0.1, -0.05) is 30.3 Å². The van der Waals surface area contributed by atoms with Crippen molar-refractivity contribution < 1.29 is 4.79 Å². The van der Waals surface area contributed by atoms with Gasteiger partial charge in [-0.25, -0.2) is 0 Å². The van der Waals surface area contributed by atoms with Gasteiger partial charge in [0.2, 0.25) is 5.91 Å². The predicted molar refractivity (Wildman–Crippen MR) is 130 cm³/mol. The highest BCUT2D eigenvalue weighted by atomic mass is 127. The van der Waals surface area contributed by atoms with E-state index in [0.29, 0.717) is 6.54 Å². The Labute approximate surface area is 194 Å². The van der Waals surface area contributed by atoms with Crippen LogP contribution in [0.25, 0.3) is 0 Å². The molecule has 1 aromatic heterocycles. The zero-order chi connectivity index (χ0) is 19.8. The van der Waals surface area contributed by atoms with Gasteiger partial charge in [-0.3, -0.25) is 14.7 Å². The number of hydrogen-bond acceptors (Lipinski definition) is 4. The Balaban J connectivity index is 0.00000300. The maximum absolute atomic E-state index is 11.5. The summed E-state index contributed by atoms with van der Waals surface area (Å²) in [6.07, 6.45) is 1.94. The Hall–Kier alpha value is -1.65. The first kappa shape index (κ1) is 23.6. The fourth-order valence-corrected chi connectivity index (χ4v) is 4.16. The number of rotatable bonds is 7. The third kappa shape index (κ3) is 7.60. The predicted octanol–water partition coefficient (Wildman–Crippen LogP) is 2.93. The third-order valence-corrected chi connectivity index (χ3v) is 5.88. The molecule has 4 N–H and O–H groups in total. The average Bonchev–Trinajstić information content (AvgIpc) is 3.22. The van der Waals surface area contributed by atoms with E-state index < -0.39 is 0 Å². The van der Waals surface area contributed by atoms with Gasteiger partial charge in [0.1, 0.15) is 0 Å². The van der Waals surface area contributed by atoms with Gasteiger partial charge < -0.3 is 16.4 Å². The number of thiophene rings is 1. The fourth-order valence-electron chi connectivity index (χ4n) is 3.52. The number of benzene rings is 1. The normalized spacial score (nSPS) is 17.4. The van der Waals surface area contributed by atoms with Gasteiger partial charge in [-0.05, 0) is 42.0 Å². The number of guanidine groups is 1. The summed E-state index contributed by atoms with van der Waals surface area (Å²) >= 11 is 1.73. The quantitative estimate of drug-likeness (QED) is 0.294. The van der Waals surface area contributed by atoms with Gasteiger partial charge in [0.05, 0.1) is 12.5 Å². The standard InChI is InChI=1S/C21H29N5OS.HI/c1-23-21(25-13-19-8-4-10-28-19)24-12-16-5-2-6-17(11-16)14-26-9-3-7-18(15-26)20(22)27;/h2,4-6,8,10-11,18H,3,7,9,12-15H2,1H3,(H2,22,27)(H2,23,24,25);1H. The van der Waals surface area contributed by atoms with Crippen molar-refractivity contribution in [2.45, 2.75) is 32.5 Å². The second kappa shape index (κ2) is 12.1. The van der Waals surface area contributed by atoms with Crippen LogP contribution in [-0.2, 0) is 24.4 Å². The second-order valence-corrected chi connectivity index (χ2v) is 8.19. The molecule has 0 aliphatic carbocycles. The van der Waals surface area contributed by atoms with Crippen LogP contribution < -0.4 is 16.4 Å². The Bertz CT molecular complexity index is 796. The Morgan fingerprint density at radius 2 is 2.03 bits per heavy atom. The van der Waals surface area contributed by atoms with Crippen LogP contribution in [0.15, 0.2) is 46.8 Å². The summed E-state index contributed by atoms with van der Waals surface area (Å²) in [6, 6.07) is 12.7. The molecule has 0 bridgehead atoms. The molecule has 1 fully saturated rings. The lowest BCUT2D eigenvalue weighted by Crippen LogP contribution is -2.40. The second-order valence-electron chi connectivity index (χ2n) is 7.16. The molecule has 1 aromatic carbocycles. The minimum absolute atomic E-state index is 0. The number of aliphatic imine (C=N–C) groups is 1. The van der Waals surface area contributed by atoms with Crippen LogP contribution in [0.5, 0.6) is 0 Å². The molecular weight excluding hydrogens is 497 g/mol. The average molecular weight is 527 g/mol. The first-order chi connectivity index (χ1) is 13.6. The van der Waals surface area contributed by atoms with Crippen LogP contribution in [0, 0.1) is 5.92 Å². The largest absolute Gasteiger partial charge is 0.369 e. The lowest BCUT2D eigenvalue weighted by Gasteiger charge is -2.31. The molecule has 0 radical (unpaired) electrons. The highest BCUT2D eigenvalue weighted by Crippen LogP contribution is 2.18. The third-order valence-electron chi connectivity index (χ3n) is 5.00. The Kier molecular flexibility index (Phi) is 9.89. The van der Waals surface area contributed by atoms with Crippen molar-refractivity contribution in [3.05, 3.63) is 57.8 Å². The number of nitrogens with one attached hydrogen (secondary N) is 2. The van der Waals surface area contributed by atoms with E-state index in [0.717, 1.165) is 45.0 Å². The lowest BCUT2D eigenvalue weighted by atomic mass is 9.97. The van der Waals surface area contributed by atoms with Gasteiger partial charge in [-0.2, -0.15) is 0 Å². The fraction of sp³-hybridized carbons (Fsp3) is 0.429. The molecule has 8 heteroatoms. The van der Waals surface area contributed by atoms with E-state index in [4.69, 9.17) is 5.73 Å². The SMILES string of the molecule is CN=C(NCc1cccc(CN2CCCC(C(N)=O)C2)c1)NCc1cccs1.I. The molecule has 6 nitrogen and oxygen atoms in total. The number of carbonyl (C=O) groups is 1. The molecule has 2 aromatic rings. The monoisotopic (exact) mass is 527 g/mol. The van der Waals surface area contributed by atoms with E-state index in [1.165, 1.54) is 16.0 Å². The topological polar surface area (TPSA) is 82.8 Å². The number of primary amides is 1. The van der Waals surface area contributed by atoms with Gasteiger partial charge in [0.15, 0.2) is 5.96 Å². The number of nitrogens with two attached hydrogens (primary N) is 1. The smallest absolute Gasteiger partial charge is 0.221 e. The molecule has 1 aliphatic heterocycles. The molecule has 0 saturated carbocycles. The van der Waals surface area contributed by atoms with E-state index in [9.17, 15) is 4.79 Å². The molecule has 3 rings (SSSR count). The van der Waals surface area contributed by atoms with Crippen molar-refractivity contribution >= 4 is 47.2 Å². The Morgan fingerprint density at radius 1 is 1.24 bits per heavy atom. The van der Waals surface area contributed by atoms with Crippen LogP contribution in [0.3, 0.4) is 0 Å². The summed E-state index contributed by atoms with van der Waals surface area (Å²) in [7, 11) is 1.78. The van der Waals surface area contributed by atoms with Crippen molar-refractivity contribution in [3.63, 3.8) is 0 Å². The minimum atomic E-state index is -0.177. The number of halogens is 1. The number of amides is 1. The first-order valence-electron chi connectivity index (χ1n) is 9.70. The molecule has 1 unspecified atom stereocenters. The minimum Gasteiger partial charge on any atom is -0.369 e. The van der Waals surface area contributed by atoms with Crippen LogP contribution in [0.2, 0.25) is 0 Å². The Morgan fingerprint density at radius 3 is 2.76 bits per heavy atom. The van der Waals surface area contributed by atoms with E-state index in [-0.39, 0.29) is 35.8 Å². The highest BCUT2D eigenvalue weighted by molar-refractivity contribution is 14.0. The van der Waals surface area contributed by atoms with Crippen LogP contribution in [0.4, 0.5) is 0 Å². The van der Waals surface area contributed by atoms with Crippen LogP contribution in [-0.4, -0.2) is 36.9 Å². The summed E-state index contributed by atoms with van der Waals surface area (Å²) in [4.78, 5) is 19.4. The van der Waals surface area contributed by atoms with Gasteiger partial charge in [0.25, 0.3) is 0 Å². The van der Waals surface area contributed by atoms with Crippen LogP contribution >= 0.6 is 35.3 Å². The van der Waals surface area contributed by atoms with Crippen molar-refractivity contribution in [3.8, 4) is 0 Å². The molecule has 1 saturated heterocycles. The van der Waals surface area contributed by atoms with E-state index in [1.807, 2.05) is 0 Å². The van der Waals surface area contributed by atoms with Crippen molar-refractivity contribution in [1.82, 2.24) is 15.5 Å². The number of likely N-dealkylation sites (tertiary alicyclic amines) is 1. The summed E-state index contributed by atoms with van der Waals surface area (Å²) < 4.78 is 0. The number of piperidine rings is 1. The van der Waals surface area contributed by atoms with E-state index >= 15 is 0 Å². The van der Waals surface area contributed by atoms with Crippen molar-refractivity contribution in [1.29, 1.82) is 0 Å². The van der Waals surface area contributed by atoms with Gasteiger partial charge in [0, 0.05) is 31.6 Å². The van der Waals surface area contributed by atoms with Gasteiger partial charge in [-0.15, -0.1) is 35.3 Å². The molecule has 0 spiro atoms. The zero-order valence-corrected chi connectivity index (χ0v) is 19.9. The molecular formula is C21H30IN5OS. The maximum Gasteiger partial charge on any atom is 0.221 e. The van der Waals surface area contributed by atoms with Crippen molar-refractivity contribution in [2.24, 2.45) is 16.6 Å². The summed E-state index contributed by atoms with van der Waals surface area (Å²) in [5.41, 5.74) is 7.96. The van der Waals surface area contributed by atoms with E-state index in [1.54, 1.807) is 18.4 Å². The van der Waals surface area contributed by atoms with Gasteiger partial charge >= 0.3 is 0 Å². The summed E-state index contributed by atoms with van der Waals surface area (Å²) in [5, 5.41) is 8.78. The van der Waals surface area contributed by atoms with Crippen LogP contribution in [0.1, 0.15) is 28.8 Å². The zero-order valence-electron chi connectivity index (χ0n) is 16.8. The number of carbonyl (C=O) groups excluding carboxylic acids is 1.